The molecule has 112 valence electrons. The number of aromatic amines is 1. The van der Waals surface area contributed by atoms with E-state index in [1.54, 1.807) is 12.3 Å². The normalized spacial score (nSPS) is 10.9. The lowest BCUT2D eigenvalue weighted by Gasteiger charge is -2.16. The maximum atomic E-state index is 11.7. The molecule has 0 spiro atoms. The Morgan fingerprint density at radius 3 is 2.71 bits per heavy atom. The SMILES string of the molecule is CCc1ccc(CN(C)Cc2cc(=O)c(OC)c[nH]2)nc1. The molecular formula is C16H21N3O2. The third kappa shape index (κ3) is 4.16. The smallest absolute Gasteiger partial charge is 0.223 e. The molecule has 21 heavy (non-hydrogen) atoms. The Morgan fingerprint density at radius 2 is 2.14 bits per heavy atom. The molecule has 5 nitrogen and oxygen atoms in total. The molecule has 0 amide bonds. The van der Waals surface area contributed by atoms with Crippen LogP contribution in [-0.2, 0) is 19.5 Å². The van der Waals surface area contributed by atoms with Crippen molar-refractivity contribution in [3.05, 3.63) is 57.8 Å². The van der Waals surface area contributed by atoms with Crippen molar-refractivity contribution in [1.82, 2.24) is 14.9 Å². The predicted octanol–water partition coefficient (Wildman–Crippen LogP) is 1.97. The first-order chi connectivity index (χ1) is 10.1. The lowest BCUT2D eigenvalue weighted by atomic mass is 10.2. The van der Waals surface area contributed by atoms with Gasteiger partial charge in [-0.1, -0.05) is 13.0 Å². The largest absolute Gasteiger partial charge is 0.491 e. The standard InChI is InChI=1S/C16H21N3O2/c1-4-12-5-6-13(17-8-12)10-19(2)11-14-7-15(20)16(21-3)9-18-14/h5-9H,4,10-11H2,1-3H3,(H,18,20). The van der Waals surface area contributed by atoms with Gasteiger partial charge in [-0.05, 0) is 25.1 Å². The Labute approximate surface area is 124 Å². The van der Waals surface area contributed by atoms with Gasteiger partial charge < -0.3 is 9.72 Å². The molecule has 2 rings (SSSR count). The molecule has 0 atom stereocenters. The summed E-state index contributed by atoms with van der Waals surface area (Å²) in [5.41, 5.74) is 3.00. The molecule has 0 saturated heterocycles. The van der Waals surface area contributed by atoms with Crippen LogP contribution >= 0.6 is 0 Å². The van der Waals surface area contributed by atoms with Gasteiger partial charge in [0, 0.05) is 37.2 Å². The minimum absolute atomic E-state index is 0.106. The monoisotopic (exact) mass is 287 g/mol. The summed E-state index contributed by atoms with van der Waals surface area (Å²) >= 11 is 0. The van der Waals surface area contributed by atoms with Crippen LogP contribution in [0.25, 0.3) is 0 Å². The maximum absolute atomic E-state index is 11.7. The number of rotatable bonds is 6. The molecule has 2 aromatic rings. The zero-order valence-electron chi connectivity index (χ0n) is 12.7. The lowest BCUT2D eigenvalue weighted by Crippen LogP contribution is -2.20. The van der Waals surface area contributed by atoms with Crippen molar-refractivity contribution in [2.24, 2.45) is 0 Å². The van der Waals surface area contributed by atoms with E-state index in [1.807, 2.05) is 19.3 Å². The van der Waals surface area contributed by atoms with E-state index >= 15 is 0 Å². The van der Waals surface area contributed by atoms with Crippen LogP contribution in [0, 0.1) is 0 Å². The molecular weight excluding hydrogens is 266 g/mol. The topological polar surface area (TPSA) is 58.2 Å². The highest BCUT2D eigenvalue weighted by Crippen LogP contribution is 2.07. The summed E-state index contributed by atoms with van der Waals surface area (Å²) in [5, 5.41) is 0. The van der Waals surface area contributed by atoms with Crippen LogP contribution in [0.1, 0.15) is 23.9 Å². The number of aryl methyl sites for hydroxylation is 1. The number of ether oxygens (including phenoxy) is 1. The van der Waals surface area contributed by atoms with E-state index in [0.717, 1.165) is 24.4 Å². The van der Waals surface area contributed by atoms with Gasteiger partial charge in [-0.3, -0.25) is 14.7 Å². The summed E-state index contributed by atoms with van der Waals surface area (Å²) in [5.74, 6) is 0.332. The highest BCUT2D eigenvalue weighted by atomic mass is 16.5. The van der Waals surface area contributed by atoms with Crippen molar-refractivity contribution in [2.75, 3.05) is 14.2 Å². The minimum atomic E-state index is -0.106. The molecule has 0 unspecified atom stereocenters. The van der Waals surface area contributed by atoms with Gasteiger partial charge in [0.1, 0.15) is 0 Å². The van der Waals surface area contributed by atoms with Crippen LogP contribution < -0.4 is 10.2 Å². The Kier molecular flexibility index (Phi) is 5.11. The van der Waals surface area contributed by atoms with Crippen molar-refractivity contribution in [2.45, 2.75) is 26.4 Å². The molecule has 0 aliphatic rings. The van der Waals surface area contributed by atoms with Gasteiger partial charge in [-0.2, -0.15) is 0 Å². The fraction of sp³-hybridized carbons (Fsp3) is 0.375. The summed E-state index contributed by atoms with van der Waals surface area (Å²) in [7, 11) is 3.49. The molecule has 2 aromatic heterocycles. The highest BCUT2D eigenvalue weighted by molar-refractivity contribution is 5.20. The van der Waals surface area contributed by atoms with E-state index in [2.05, 4.69) is 27.9 Å². The summed E-state index contributed by atoms with van der Waals surface area (Å²) in [4.78, 5) is 21.3. The number of methoxy groups -OCH3 is 1. The second kappa shape index (κ2) is 7.04. The van der Waals surface area contributed by atoms with Crippen molar-refractivity contribution in [3.8, 4) is 5.75 Å². The summed E-state index contributed by atoms with van der Waals surface area (Å²) in [6.45, 7) is 3.50. The fourth-order valence-corrected chi connectivity index (χ4v) is 2.13. The van der Waals surface area contributed by atoms with Crippen LogP contribution in [0.2, 0.25) is 0 Å². The maximum Gasteiger partial charge on any atom is 0.223 e. The van der Waals surface area contributed by atoms with E-state index in [1.165, 1.54) is 12.7 Å². The number of hydrogen-bond acceptors (Lipinski definition) is 4. The number of nitrogens with one attached hydrogen (secondary N) is 1. The second-order valence-electron chi connectivity index (χ2n) is 5.07. The highest BCUT2D eigenvalue weighted by Gasteiger charge is 2.06. The van der Waals surface area contributed by atoms with Crippen molar-refractivity contribution in [3.63, 3.8) is 0 Å². The predicted molar refractivity (Wildman–Crippen MR) is 82.4 cm³/mol. The van der Waals surface area contributed by atoms with Gasteiger partial charge >= 0.3 is 0 Å². The van der Waals surface area contributed by atoms with Gasteiger partial charge in [0.05, 0.1) is 12.8 Å². The summed E-state index contributed by atoms with van der Waals surface area (Å²) < 4.78 is 4.96. The third-order valence-electron chi connectivity index (χ3n) is 3.32. The van der Waals surface area contributed by atoms with Gasteiger partial charge in [0.2, 0.25) is 5.43 Å². The second-order valence-corrected chi connectivity index (χ2v) is 5.07. The first-order valence-corrected chi connectivity index (χ1v) is 7.00. The molecule has 1 N–H and O–H groups in total. The van der Waals surface area contributed by atoms with Crippen LogP contribution in [0.4, 0.5) is 0 Å². The molecule has 0 aliphatic carbocycles. The van der Waals surface area contributed by atoms with Crippen LogP contribution in [0.5, 0.6) is 5.75 Å². The van der Waals surface area contributed by atoms with Crippen molar-refractivity contribution >= 4 is 0 Å². The summed E-state index contributed by atoms with van der Waals surface area (Å²) in [6.07, 6.45) is 4.51. The Bertz CT molecular complexity index is 635. The molecule has 0 aliphatic heterocycles. The number of H-pyrrole nitrogens is 1. The first-order valence-electron chi connectivity index (χ1n) is 7.00. The van der Waals surface area contributed by atoms with E-state index in [-0.39, 0.29) is 5.43 Å². The fourth-order valence-electron chi connectivity index (χ4n) is 2.13. The molecule has 0 bridgehead atoms. The number of aromatic nitrogens is 2. The number of pyridine rings is 2. The van der Waals surface area contributed by atoms with Gasteiger partial charge in [0.25, 0.3) is 0 Å². The van der Waals surface area contributed by atoms with Gasteiger partial charge in [-0.15, -0.1) is 0 Å². The van der Waals surface area contributed by atoms with Crippen LogP contribution in [0.15, 0.2) is 35.4 Å². The minimum Gasteiger partial charge on any atom is -0.491 e. The van der Waals surface area contributed by atoms with E-state index in [4.69, 9.17) is 4.74 Å². The molecule has 2 heterocycles. The molecule has 0 aromatic carbocycles. The van der Waals surface area contributed by atoms with Crippen molar-refractivity contribution < 1.29 is 4.74 Å². The zero-order chi connectivity index (χ0) is 15.2. The van der Waals surface area contributed by atoms with E-state index in [9.17, 15) is 4.79 Å². The molecule has 0 radical (unpaired) electrons. The van der Waals surface area contributed by atoms with Gasteiger partial charge in [0.15, 0.2) is 5.75 Å². The Morgan fingerprint density at radius 1 is 1.33 bits per heavy atom. The van der Waals surface area contributed by atoms with Crippen LogP contribution in [0.3, 0.4) is 0 Å². The van der Waals surface area contributed by atoms with Gasteiger partial charge in [-0.25, -0.2) is 0 Å². The first kappa shape index (κ1) is 15.3. The molecule has 5 heteroatoms. The molecule has 0 saturated carbocycles. The third-order valence-corrected chi connectivity index (χ3v) is 3.32. The lowest BCUT2D eigenvalue weighted by molar-refractivity contribution is 0.310. The zero-order valence-corrected chi connectivity index (χ0v) is 12.7. The van der Waals surface area contributed by atoms with E-state index < -0.39 is 0 Å². The number of hydrogen-bond donors (Lipinski definition) is 1. The van der Waals surface area contributed by atoms with E-state index in [0.29, 0.717) is 12.3 Å². The average molecular weight is 287 g/mol. The van der Waals surface area contributed by atoms with Crippen LogP contribution in [-0.4, -0.2) is 29.0 Å². The average Bonchev–Trinajstić information content (AvgIpc) is 2.48. The Balaban J connectivity index is 1.99. The number of nitrogens with zero attached hydrogens (tertiary/aromatic N) is 2. The molecule has 0 fully saturated rings. The summed E-state index contributed by atoms with van der Waals surface area (Å²) in [6, 6.07) is 5.72. The Hall–Kier alpha value is -2.14. The quantitative estimate of drug-likeness (QED) is 0.882. The van der Waals surface area contributed by atoms with Crippen molar-refractivity contribution in [1.29, 1.82) is 0 Å².